The highest BCUT2D eigenvalue weighted by atomic mass is 16.6. The summed E-state index contributed by atoms with van der Waals surface area (Å²) in [7, 11) is 0. The number of hydrogen-bond donors (Lipinski definition) is 0. The van der Waals surface area contributed by atoms with Crippen molar-refractivity contribution in [2.24, 2.45) is 17.8 Å². The van der Waals surface area contributed by atoms with E-state index in [9.17, 15) is 0 Å². The van der Waals surface area contributed by atoms with E-state index < -0.39 is 0 Å². The van der Waals surface area contributed by atoms with Crippen molar-refractivity contribution in [1.29, 1.82) is 0 Å². The predicted octanol–water partition coefficient (Wildman–Crippen LogP) is 5.05. The van der Waals surface area contributed by atoms with Crippen molar-refractivity contribution in [1.82, 2.24) is 0 Å². The summed E-state index contributed by atoms with van der Waals surface area (Å²) < 4.78 is 16.5. The van der Waals surface area contributed by atoms with Crippen LogP contribution in [0.1, 0.15) is 65.2 Å². The normalized spacial score (nSPS) is 50.1. The molecule has 0 aromatic carbocycles. The zero-order chi connectivity index (χ0) is 16.8. The fourth-order valence-electron chi connectivity index (χ4n) is 5.18. The SMILES string of the molecule is C.C(=C\C1CCC2OC2C1)/C1CCC2OC2C1.C=CC1CCC2OC2C1. The van der Waals surface area contributed by atoms with Crippen LogP contribution in [-0.2, 0) is 14.2 Å². The Morgan fingerprint density at radius 2 is 0.923 bits per heavy atom. The van der Waals surface area contributed by atoms with Gasteiger partial charge in [0, 0.05) is 0 Å². The molecule has 0 amide bonds. The molecule has 0 radical (unpaired) electrons. The molecule has 3 nitrogen and oxygen atoms in total. The minimum absolute atomic E-state index is 0. The fraction of sp³-hybridized carbons (Fsp3) is 0.826. The molecule has 3 aliphatic heterocycles. The first-order valence-corrected chi connectivity index (χ1v) is 10.6. The van der Waals surface area contributed by atoms with Crippen LogP contribution >= 0.6 is 0 Å². The van der Waals surface area contributed by atoms with Crippen LogP contribution in [0.4, 0.5) is 0 Å². The molecule has 146 valence electrons. The van der Waals surface area contributed by atoms with Gasteiger partial charge in [0.1, 0.15) is 0 Å². The second-order valence-corrected chi connectivity index (χ2v) is 8.98. The summed E-state index contributed by atoms with van der Waals surface area (Å²) in [4.78, 5) is 0. The molecule has 9 atom stereocenters. The largest absolute Gasteiger partial charge is 0.370 e. The third-order valence-electron chi connectivity index (χ3n) is 7.12. The average molecular weight is 361 g/mol. The molecule has 0 bridgehead atoms. The smallest absolute Gasteiger partial charge is 0.0847 e. The van der Waals surface area contributed by atoms with Gasteiger partial charge in [-0.15, -0.1) is 6.58 Å². The van der Waals surface area contributed by atoms with Gasteiger partial charge in [-0.3, -0.25) is 0 Å². The predicted molar refractivity (Wildman–Crippen MR) is 104 cm³/mol. The van der Waals surface area contributed by atoms with Crippen LogP contribution in [-0.4, -0.2) is 36.6 Å². The number of hydrogen-bond acceptors (Lipinski definition) is 3. The third-order valence-corrected chi connectivity index (χ3v) is 7.12. The molecular weight excluding hydrogens is 324 g/mol. The van der Waals surface area contributed by atoms with Crippen molar-refractivity contribution in [3.63, 3.8) is 0 Å². The van der Waals surface area contributed by atoms with Gasteiger partial charge in [0.05, 0.1) is 36.6 Å². The van der Waals surface area contributed by atoms with Gasteiger partial charge >= 0.3 is 0 Å². The molecule has 0 aromatic rings. The van der Waals surface area contributed by atoms with E-state index in [4.69, 9.17) is 14.2 Å². The molecule has 26 heavy (non-hydrogen) atoms. The number of allylic oxidation sites excluding steroid dienone is 3. The number of fused-ring (bicyclic) bond motifs is 3. The van der Waals surface area contributed by atoms with Crippen LogP contribution in [0.25, 0.3) is 0 Å². The molecule has 6 fully saturated rings. The molecule has 9 unspecified atom stereocenters. The monoisotopic (exact) mass is 360 g/mol. The molecule has 3 saturated heterocycles. The Morgan fingerprint density at radius 3 is 1.31 bits per heavy atom. The van der Waals surface area contributed by atoms with E-state index in [0.717, 1.165) is 17.8 Å². The van der Waals surface area contributed by atoms with Crippen molar-refractivity contribution in [3.05, 3.63) is 24.8 Å². The summed E-state index contributed by atoms with van der Waals surface area (Å²) in [6.07, 6.45) is 22.4. The molecule has 3 heterocycles. The summed E-state index contributed by atoms with van der Waals surface area (Å²) in [5.74, 6) is 2.33. The quantitative estimate of drug-likeness (QED) is 0.522. The van der Waals surface area contributed by atoms with Crippen molar-refractivity contribution in [3.8, 4) is 0 Å². The van der Waals surface area contributed by atoms with Gasteiger partial charge in [-0.25, -0.2) is 0 Å². The highest BCUT2D eigenvalue weighted by Crippen LogP contribution is 2.42. The van der Waals surface area contributed by atoms with E-state index in [0.29, 0.717) is 36.6 Å². The highest BCUT2D eigenvalue weighted by molar-refractivity contribution is 5.04. The van der Waals surface area contributed by atoms with Gasteiger partial charge in [-0.05, 0) is 75.5 Å². The van der Waals surface area contributed by atoms with Gasteiger partial charge in [0.25, 0.3) is 0 Å². The molecule has 6 rings (SSSR count). The van der Waals surface area contributed by atoms with Crippen molar-refractivity contribution in [2.75, 3.05) is 0 Å². The first kappa shape index (κ1) is 18.7. The lowest BCUT2D eigenvalue weighted by Gasteiger charge is -2.18. The first-order valence-electron chi connectivity index (χ1n) is 10.6. The van der Waals surface area contributed by atoms with E-state index in [1.165, 1.54) is 57.8 Å². The summed E-state index contributed by atoms with van der Waals surface area (Å²) >= 11 is 0. The Morgan fingerprint density at radius 1 is 0.538 bits per heavy atom. The Kier molecular flexibility index (Phi) is 5.59. The Labute approximate surface area is 159 Å². The molecule has 6 aliphatic rings. The lowest BCUT2D eigenvalue weighted by molar-refractivity contribution is 0.368. The molecule has 0 aromatic heterocycles. The molecule has 3 aliphatic carbocycles. The summed E-state index contributed by atoms with van der Waals surface area (Å²) in [5.41, 5.74) is 0. The lowest BCUT2D eigenvalue weighted by atomic mass is 9.85. The topological polar surface area (TPSA) is 37.6 Å². The fourth-order valence-corrected chi connectivity index (χ4v) is 5.18. The van der Waals surface area contributed by atoms with Crippen molar-refractivity contribution in [2.45, 2.75) is 102 Å². The number of epoxide rings is 3. The minimum Gasteiger partial charge on any atom is -0.370 e. The average Bonchev–Trinajstić information content (AvgIpc) is 3.53. The molecule has 0 spiro atoms. The van der Waals surface area contributed by atoms with E-state index in [1.54, 1.807) is 0 Å². The van der Waals surface area contributed by atoms with E-state index in [2.05, 4.69) is 24.8 Å². The second-order valence-electron chi connectivity index (χ2n) is 8.98. The van der Waals surface area contributed by atoms with E-state index in [-0.39, 0.29) is 7.43 Å². The molecule has 0 N–H and O–H groups in total. The van der Waals surface area contributed by atoms with Gasteiger partial charge in [-0.1, -0.05) is 25.7 Å². The number of rotatable bonds is 3. The molecular formula is C23H36O3. The summed E-state index contributed by atoms with van der Waals surface area (Å²) in [5, 5.41) is 0. The summed E-state index contributed by atoms with van der Waals surface area (Å²) in [6, 6.07) is 0. The number of ether oxygens (including phenoxy) is 3. The molecule has 3 heteroatoms. The second kappa shape index (κ2) is 7.77. The molecule has 3 saturated carbocycles. The van der Waals surface area contributed by atoms with Crippen molar-refractivity contribution < 1.29 is 14.2 Å². The maximum Gasteiger partial charge on any atom is 0.0847 e. The van der Waals surface area contributed by atoms with Crippen LogP contribution in [0.3, 0.4) is 0 Å². The standard InChI is InChI=1S/C14H20O2.C8H12O.CH4/c1(9-3-5-11-13(7-9)15-11)2-10-4-6-12-14(8-10)16-12;1-2-6-3-4-7-8(5-6)9-7;/h1-2,9-14H,3-8H2;2,6-8H,1,3-5H2;1H4/b2-1+;;. The minimum atomic E-state index is 0. The van der Waals surface area contributed by atoms with E-state index in [1.807, 2.05) is 0 Å². The van der Waals surface area contributed by atoms with Crippen LogP contribution in [0.15, 0.2) is 24.8 Å². The zero-order valence-electron chi connectivity index (χ0n) is 15.2. The van der Waals surface area contributed by atoms with Crippen LogP contribution in [0.2, 0.25) is 0 Å². The maximum atomic E-state index is 5.57. The van der Waals surface area contributed by atoms with Crippen LogP contribution < -0.4 is 0 Å². The van der Waals surface area contributed by atoms with Gasteiger partial charge in [0.2, 0.25) is 0 Å². The van der Waals surface area contributed by atoms with Gasteiger partial charge in [0.15, 0.2) is 0 Å². The lowest BCUT2D eigenvalue weighted by Crippen LogP contribution is -2.14. The third kappa shape index (κ3) is 4.43. The zero-order valence-corrected chi connectivity index (χ0v) is 15.2. The summed E-state index contributed by atoms with van der Waals surface area (Å²) in [6.45, 7) is 3.78. The first-order chi connectivity index (χ1) is 12.3. The maximum absolute atomic E-state index is 5.57. The Bertz CT molecular complexity index is 500. The van der Waals surface area contributed by atoms with Gasteiger partial charge in [-0.2, -0.15) is 0 Å². The van der Waals surface area contributed by atoms with Crippen molar-refractivity contribution >= 4 is 0 Å². The highest BCUT2D eigenvalue weighted by Gasteiger charge is 2.45. The van der Waals surface area contributed by atoms with E-state index >= 15 is 0 Å². The van der Waals surface area contributed by atoms with Crippen LogP contribution in [0.5, 0.6) is 0 Å². The Balaban J connectivity index is 0.000000144. The van der Waals surface area contributed by atoms with Crippen LogP contribution in [0, 0.1) is 17.8 Å². The van der Waals surface area contributed by atoms with Gasteiger partial charge < -0.3 is 14.2 Å². The Hall–Kier alpha value is -0.640.